The number of nitrogens with zero attached hydrogens (tertiary/aromatic N) is 4. The van der Waals surface area contributed by atoms with E-state index in [4.69, 9.17) is 4.74 Å². The van der Waals surface area contributed by atoms with Crippen LogP contribution in [0.4, 0.5) is 11.8 Å². The van der Waals surface area contributed by atoms with Gasteiger partial charge in [-0.15, -0.1) is 0 Å². The van der Waals surface area contributed by atoms with Crippen LogP contribution in [0, 0.1) is 0 Å². The predicted molar refractivity (Wildman–Crippen MR) is 71.0 cm³/mol. The molecule has 18 heavy (non-hydrogen) atoms. The van der Waals surface area contributed by atoms with Gasteiger partial charge in [0.2, 0.25) is 5.95 Å². The Bertz CT molecular complexity index is 511. The minimum atomic E-state index is 0.574. The molecular formula is C11H18N6O. The highest BCUT2D eigenvalue weighted by Crippen LogP contribution is 2.22. The molecule has 2 N–H and O–H groups in total. The summed E-state index contributed by atoms with van der Waals surface area (Å²) in [5.41, 5.74) is 0.729. The first-order valence-corrected chi connectivity index (χ1v) is 5.94. The minimum absolute atomic E-state index is 0.574. The van der Waals surface area contributed by atoms with Gasteiger partial charge < -0.3 is 15.0 Å². The molecule has 2 rings (SSSR count). The highest BCUT2D eigenvalue weighted by atomic mass is 16.5. The number of aromatic nitrogens is 4. The van der Waals surface area contributed by atoms with Crippen molar-refractivity contribution >= 4 is 22.8 Å². The van der Waals surface area contributed by atoms with E-state index in [1.165, 1.54) is 0 Å². The van der Waals surface area contributed by atoms with Gasteiger partial charge in [-0.2, -0.15) is 15.1 Å². The van der Waals surface area contributed by atoms with E-state index in [9.17, 15) is 0 Å². The highest BCUT2D eigenvalue weighted by Gasteiger charge is 2.12. The average Bonchev–Trinajstić information content (AvgIpc) is 2.85. The van der Waals surface area contributed by atoms with E-state index >= 15 is 0 Å². The molecule has 0 aliphatic carbocycles. The minimum Gasteiger partial charge on any atom is -0.380 e. The fourth-order valence-corrected chi connectivity index (χ4v) is 1.67. The molecule has 0 spiro atoms. The smallest absolute Gasteiger partial charge is 0.226 e. The van der Waals surface area contributed by atoms with E-state index in [1.54, 1.807) is 13.2 Å². The van der Waals surface area contributed by atoms with E-state index in [0.29, 0.717) is 12.6 Å². The third-order valence-electron chi connectivity index (χ3n) is 2.65. The number of H-pyrrole nitrogens is 1. The summed E-state index contributed by atoms with van der Waals surface area (Å²) >= 11 is 0. The van der Waals surface area contributed by atoms with Gasteiger partial charge in [0.1, 0.15) is 5.82 Å². The van der Waals surface area contributed by atoms with E-state index < -0.39 is 0 Å². The summed E-state index contributed by atoms with van der Waals surface area (Å²) in [7, 11) is 3.77. The van der Waals surface area contributed by atoms with E-state index in [-0.39, 0.29) is 0 Å². The standard InChI is InChI=1S/C11H18N6O/c1-4-18-6-5-17(3)10-8-7-13-16-9(8)14-11(12-2)15-10/h7H,4-6H2,1-3H3,(H2,12,13,14,15,16). The summed E-state index contributed by atoms with van der Waals surface area (Å²) < 4.78 is 5.35. The Labute approximate surface area is 106 Å². The van der Waals surface area contributed by atoms with Crippen molar-refractivity contribution in [2.75, 3.05) is 44.1 Å². The van der Waals surface area contributed by atoms with Crippen molar-refractivity contribution in [1.82, 2.24) is 20.2 Å². The molecule has 0 bridgehead atoms. The first-order valence-electron chi connectivity index (χ1n) is 5.94. The van der Waals surface area contributed by atoms with Crippen LogP contribution in [0.15, 0.2) is 6.20 Å². The molecule has 0 atom stereocenters. The molecule has 0 fully saturated rings. The molecule has 0 aromatic carbocycles. The maximum Gasteiger partial charge on any atom is 0.226 e. The van der Waals surface area contributed by atoms with Gasteiger partial charge in [-0.1, -0.05) is 0 Å². The van der Waals surface area contributed by atoms with Gasteiger partial charge in [0.15, 0.2) is 5.65 Å². The lowest BCUT2D eigenvalue weighted by molar-refractivity contribution is 0.154. The normalized spacial score (nSPS) is 10.8. The second-order valence-corrected chi connectivity index (χ2v) is 3.87. The van der Waals surface area contributed by atoms with Crippen LogP contribution >= 0.6 is 0 Å². The third-order valence-corrected chi connectivity index (χ3v) is 2.65. The molecule has 0 aliphatic rings. The summed E-state index contributed by atoms with van der Waals surface area (Å²) in [6.45, 7) is 4.15. The fourth-order valence-electron chi connectivity index (χ4n) is 1.67. The number of nitrogens with one attached hydrogen (secondary N) is 2. The maximum absolute atomic E-state index is 5.35. The molecule has 0 unspecified atom stereocenters. The average molecular weight is 250 g/mol. The quantitative estimate of drug-likeness (QED) is 0.740. The number of rotatable bonds is 6. The highest BCUT2D eigenvalue weighted by molar-refractivity contribution is 5.87. The van der Waals surface area contributed by atoms with Crippen molar-refractivity contribution < 1.29 is 4.74 Å². The number of hydrogen-bond acceptors (Lipinski definition) is 6. The summed E-state index contributed by atoms with van der Waals surface area (Å²) in [4.78, 5) is 10.8. The van der Waals surface area contributed by atoms with Gasteiger partial charge in [-0.3, -0.25) is 5.10 Å². The van der Waals surface area contributed by atoms with Gasteiger partial charge in [-0.25, -0.2) is 0 Å². The summed E-state index contributed by atoms with van der Waals surface area (Å²) in [5.74, 6) is 1.42. The van der Waals surface area contributed by atoms with Crippen LogP contribution in [0.3, 0.4) is 0 Å². The molecule has 98 valence electrons. The first kappa shape index (κ1) is 12.6. The van der Waals surface area contributed by atoms with Gasteiger partial charge in [-0.05, 0) is 6.92 Å². The van der Waals surface area contributed by atoms with Gasteiger partial charge in [0.25, 0.3) is 0 Å². The molecule has 2 aromatic rings. The zero-order chi connectivity index (χ0) is 13.0. The molecule has 7 nitrogen and oxygen atoms in total. The Hall–Kier alpha value is -1.89. The number of hydrogen-bond donors (Lipinski definition) is 2. The lowest BCUT2D eigenvalue weighted by Gasteiger charge is -2.19. The van der Waals surface area contributed by atoms with Gasteiger partial charge in [0, 0.05) is 27.2 Å². The Morgan fingerprint density at radius 3 is 3.00 bits per heavy atom. The summed E-state index contributed by atoms with van der Waals surface area (Å²) in [6, 6.07) is 0. The number of aromatic amines is 1. The van der Waals surface area contributed by atoms with E-state index in [2.05, 4.69) is 25.5 Å². The third kappa shape index (κ3) is 2.51. The Morgan fingerprint density at radius 1 is 1.44 bits per heavy atom. The molecule has 0 amide bonds. The molecule has 0 saturated carbocycles. The number of fused-ring (bicyclic) bond motifs is 1. The monoisotopic (exact) mass is 250 g/mol. The summed E-state index contributed by atoms with van der Waals surface area (Å²) in [6.07, 6.45) is 1.74. The van der Waals surface area contributed by atoms with Crippen molar-refractivity contribution in [1.29, 1.82) is 0 Å². The Balaban J connectivity index is 2.27. The molecule has 0 aliphatic heterocycles. The molecule has 2 heterocycles. The second kappa shape index (κ2) is 5.63. The van der Waals surface area contributed by atoms with Crippen LogP contribution in [0.2, 0.25) is 0 Å². The zero-order valence-corrected chi connectivity index (χ0v) is 10.9. The SMILES string of the molecule is CCOCCN(C)c1nc(NC)nc2[nH]ncc12. The first-order chi connectivity index (χ1) is 8.76. The van der Waals surface area contributed by atoms with Crippen molar-refractivity contribution in [3.8, 4) is 0 Å². The van der Waals surface area contributed by atoms with Crippen LogP contribution in [-0.4, -0.2) is 54.0 Å². The van der Waals surface area contributed by atoms with Gasteiger partial charge >= 0.3 is 0 Å². The molecule has 7 heteroatoms. The fraction of sp³-hybridized carbons (Fsp3) is 0.545. The van der Waals surface area contributed by atoms with Crippen LogP contribution < -0.4 is 10.2 Å². The predicted octanol–water partition coefficient (Wildman–Crippen LogP) is 0.867. The maximum atomic E-state index is 5.35. The lowest BCUT2D eigenvalue weighted by Crippen LogP contribution is -2.24. The number of anilines is 2. The largest absolute Gasteiger partial charge is 0.380 e. The molecule has 0 radical (unpaired) electrons. The van der Waals surface area contributed by atoms with Crippen molar-refractivity contribution in [3.05, 3.63) is 6.20 Å². The van der Waals surface area contributed by atoms with Crippen LogP contribution in [-0.2, 0) is 4.74 Å². The summed E-state index contributed by atoms with van der Waals surface area (Å²) in [5, 5.41) is 10.7. The van der Waals surface area contributed by atoms with Crippen LogP contribution in [0.25, 0.3) is 11.0 Å². The zero-order valence-electron chi connectivity index (χ0n) is 10.9. The molecular weight excluding hydrogens is 232 g/mol. The molecule has 2 aromatic heterocycles. The molecule has 0 saturated heterocycles. The Kier molecular flexibility index (Phi) is 3.93. The van der Waals surface area contributed by atoms with Crippen molar-refractivity contribution in [2.45, 2.75) is 6.92 Å². The topological polar surface area (TPSA) is 79.0 Å². The van der Waals surface area contributed by atoms with E-state index in [1.807, 2.05) is 18.9 Å². The van der Waals surface area contributed by atoms with E-state index in [0.717, 1.165) is 30.0 Å². The van der Waals surface area contributed by atoms with Gasteiger partial charge in [0.05, 0.1) is 18.2 Å². The number of likely N-dealkylation sites (N-methyl/N-ethyl adjacent to an activating group) is 1. The lowest BCUT2D eigenvalue weighted by atomic mass is 10.3. The van der Waals surface area contributed by atoms with Crippen LogP contribution in [0.1, 0.15) is 6.92 Å². The van der Waals surface area contributed by atoms with Crippen LogP contribution in [0.5, 0.6) is 0 Å². The Morgan fingerprint density at radius 2 is 2.28 bits per heavy atom. The second-order valence-electron chi connectivity index (χ2n) is 3.87. The van der Waals surface area contributed by atoms with Crippen molar-refractivity contribution in [2.24, 2.45) is 0 Å². The van der Waals surface area contributed by atoms with Crippen molar-refractivity contribution in [3.63, 3.8) is 0 Å². The number of ether oxygens (including phenoxy) is 1.